The van der Waals surface area contributed by atoms with Crippen molar-refractivity contribution in [3.63, 3.8) is 0 Å². The van der Waals surface area contributed by atoms with Crippen molar-refractivity contribution < 1.29 is 19.4 Å². The second-order valence-corrected chi connectivity index (χ2v) is 6.19. The molecule has 0 radical (unpaired) electrons. The first kappa shape index (κ1) is 16.1. The Morgan fingerprint density at radius 1 is 1.29 bits per heavy atom. The number of nitrogens with zero attached hydrogens (tertiary/aromatic N) is 2. The van der Waals surface area contributed by atoms with Crippen LogP contribution in [0.4, 0.5) is 4.79 Å². The zero-order chi connectivity index (χ0) is 15.2. The number of carboxylic acid groups (broad SMARTS) is 1. The van der Waals surface area contributed by atoms with Crippen LogP contribution in [0, 0.1) is 5.92 Å². The molecule has 2 rings (SSSR count). The summed E-state index contributed by atoms with van der Waals surface area (Å²) in [6, 6.07) is -0.410. The van der Waals surface area contributed by atoms with Crippen molar-refractivity contribution in [2.75, 3.05) is 33.4 Å². The lowest BCUT2D eigenvalue weighted by molar-refractivity contribution is -0.139. The minimum Gasteiger partial charge on any atom is -0.481 e. The first-order chi connectivity index (χ1) is 10.1. The van der Waals surface area contributed by atoms with E-state index in [0.29, 0.717) is 25.7 Å². The van der Waals surface area contributed by atoms with Crippen molar-refractivity contribution >= 4 is 12.0 Å². The average Bonchev–Trinajstić information content (AvgIpc) is 2.47. The molecule has 1 aliphatic carbocycles. The Labute approximate surface area is 126 Å². The fraction of sp³-hybridized carbons (Fsp3) is 0.867. The van der Waals surface area contributed by atoms with E-state index in [1.807, 2.05) is 7.05 Å². The van der Waals surface area contributed by atoms with E-state index in [1.165, 1.54) is 32.1 Å². The lowest BCUT2D eigenvalue weighted by Gasteiger charge is -2.38. The number of carboxylic acids is 1. The molecule has 1 heterocycles. The highest BCUT2D eigenvalue weighted by Crippen LogP contribution is 2.24. The number of hydrogen-bond donors (Lipinski definition) is 1. The molecule has 6 heteroatoms. The van der Waals surface area contributed by atoms with Crippen LogP contribution in [-0.2, 0) is 9.53 Å². The van der Waals surface area contributed by atoms with Crippen molar-refractivity contribution in [1.29, 1.82) is 0 Å². The van der Waals surface area contributed by atoms with Gasteiger partial charge in [0.05, 0.1) is 25.7 Å². The number of rotatable bonds is 4. The summed E-state index contributed by atoms with van der Waals surface area (Å²) in [7, 11) is 1.82. The Bertz CT molecular complexity index is 369. The molecule has 2 fully saturated rings. The highest BCUT2D eigenvalue weighted by molar-refractivity contribution is 5.76. The minimum atomic E-state index is -0.891. The topological polar surface area (TPSA) is 70.1 Å². The van der Waals surface area contributed by atoms with Crippen molar-refractivity contribution in [1.82, 2.24) is 9.80 Å². The van der Waals surface area contributed by atoms with E-state index < -0.39 is 5.97 Å². The van der Waals surface area contributed by atoms with Crippen molar-refractivity contribution in [2.45, 2.75) is 44.6 Å². The molecule has 120 valence electrons. The summed E-state index contributed by atoms with van der Waals surface area (Å²) in [4.78, 5) is 26.9. The largest absolute Gasteiger partial charge is 0.481 e. The molecule has 0 bridgehead atoms. The summed E-state index contributed by atoms with van der Waals surface area (Å²) >= 11 is 0. The van der Waals surface area contributed by atoms with Gasteiger partial charge >= 0.3 is 12.0 Å². The molecule has 1 aliphatic heterocycles. The number of morpholine rings is 1. The lowest BCUT2D eigenvalue weighted by Crippen LogP contribution is -2.54. The normalized spacial score (nSPS) is 23.9. The minimum absolute atomic E-state index is 0.0526. The molecule has 2 amide bonds. The van der Waals surface area contributed by atoms with Crippen LogP contribution < -0.4 is 0 Å². The van der Waals surface area contributed by atoms with Crippen molar-refractivity contribution in [3.05, 3.63) is 0 Å². The molecule has 21 heavy (non-hydrogen) atoms. The molecular weight excluding hydrogens is 272 g/mol. The molecule has 1 atom stereocenters. The molecule has 1 unspecified atom stereocenters. The quantitative estimate of drug-likeness (QED) is 0.859. The predicted molar refractivity (Wildman–Crippen MR) is 78.2 cm³/mol. The van der Waals surface area contributed by atoms with Gasteiger partial charge in [0, 0.05) is 20.1 Å². The monoisotopic (exact) mass is 298 g/mol. The molecule has 0 aromatic carbocycles. The Hall–Kier alpha value is -1.30. The fourth-order valence-electron chi connectivity index (χ4n) is 3.33. The van der Waals surface area contributed by atoms with E-state index in [-0.39, 0.29) is 18.5 Å². The summed E-state index contributed by atoms with van der Waals surface area (Å²) in [6.07, 6.45) is 6.15. The third kappa shape index (κ3) is 4.59. The molecule has 0 aromatic rings. The van der Waals surface area contributed by atoms with E-state index in [9.17, 15) is 9.59 Å². The highest BCUT2D eigenvalue weighted by Gasteiger charge is 2.31. The Morgan fingerprint density at radius 3 is 2.67 bits per heavy atom. The van der Waals surface area contributed by atoms with Gasteiger partial charge in [0.25, 0.3) is 0 Å². The number of aliphatic carboxylic acids is 1. The van der Waals surface area contributed by atoms with Crippen LogP contribution in [0.25, 0.3) is 0 Å². The third-order valence-corrected chi connectivity index (χ3v) is 4.47. The molecule has 1 saturated heterocycles. The zero-order valence-electron chi connectivity index (χ0n) is 12.8. The summed E-state index contributed by atoms with van der Waals surface area (Å²) in [6.45, 7) is 2.05. The van der Waals surface area contributed by atoms with Gasteiger partial charge in [-0.25, -0.2) is 4.79 Å². The van der Waals surface area contributed by atoms with Crippen LogP contribution in [0.15, 0.2) is 0 Å². The predicted octanol–water partition coefficient (Wildman–Crippen LogP) is 1.79. The van der Waals surface area contributed by atoms with E-state index in [1.54, 1.807) is 9.80 Å². The zero-order valence-corrected chi connectivity index (χ0v) is 12.8. The van der Waals surface area contributed by atoms with Crippen molar-refractivity contribution in [2.24, 2.45) is 5.92 Å². The second-order valence-electron chi connectivity index (χ2n) is 6.19. The van der Waals surface area contributed by atoms with E-state index in [2.05, 4.69) is 0 Å². The number of amides is 2. The second kappa shape index (κ2) is 7.64. The SMILES string of the molecule is CN(CC1CCCCC1)C(=O)N1CCOCC1CC(=O)O. The van der Waals surface area contributed by atoms with Crippen LogP contribution in [0.3, 0.4) is 0 Å². The Kier molecular flexibility index (Phi) is 5.85. The van der Waals surface area contributed by atoms with Gasteiger partial charge in [0.1, 0.15) is 0 Å². The standard InChI is InChI=1S/C15H26N2O4/c1-16(10-12-5-3-2-4-6-12)15(20)17-7-8-21-11-13(17)9-14(18)19/h12-13H,2-11H2,1H3,(H,18,19). The molecule has 1 saturated carbocycles. The first-order valence-corrected chi connectivity index (χ1v) is 7.89. The summed E-state index contributed by atoms with van der Waals surface area (Å²) < 4.78 is 5.32. The molecule has 0 aromatic heterocycles. The van der Waals surface area contributed by atoms with Gasteiger partial charge in [-0.2, -0.15) is 0 Å². The van der Waals surface area contributed by atoms with Crippen LogP contribution in [0.1, 0.15) is 38.5 Å². The molecular formula is C15H26N2O4. The molecule has 2 aliphatic rings. The van der Waals surface area contributed by atoms with Crippen LogP contribution >= 0.6 is 0 Å². The third-order valence-electron chi connectivity index (χ3n) is 4.47. The molecule has 1 N–H and O–H groups in total. The van der Waals surface area contributed by atoms with Crippen LogP contribution in [0.5, 0.6) is 0 Å². The van der Waals surface area contributed by atoms with Gasteiger partial charge in [-0.15, -0.1) is 0 Å². The fourth-order valence-corrected chi connectivity index (χ4v) is 3.33. The highest BCUT2D eigenvalue weighted by atomic mass is 16.5. The van der Waals surface area contributed by atoms with Gasteiger partial charge in [-0.05, 0) is 18.8 Å². The van der Waals surface area contributed by atoms with E-state index in [0.717, 1.165) is 6.54 Å². The maximum absolute atomic E-state index is 12.6. The van der Waals surface area contributed by atoms with Crippen LogP contribution in [-0.4, -0.2) is 66.3 Å². The van der Waals surface area contributed by atoms with Gasteiger partial charge in [0.15, 0.2) is 0 Å². The summed E-state index contributed by atoms with van der Waals surface area (Å²) in [5.41, 5.74) is 0. The Balaban J connectivity index is 1.90. The van der Waals surface area contributed by atoms with E-state index in [4.69, 9.17) is 9.84 Å². The smallest absolute Gasteiger partial charge is 0.320 e. The maximum Gasteiger partial charge on any atom is 0.320 e. The maximum atomic E-state index is 12.6. The number of ether oxygens (including phenoxy) is 1. The Morgan fingerprint density at radius 2 is 2.00 bits per heavy atom. The number of hydrogen-bond acceptors (Lipinski definition) is 3. The number of carbonyl (C=O) groups is 2. The molecule has 6 nitrogen and oxygen atoms in total. The average molecular weight is 298 g/mol. The first-order valence-electron chi connectivity index (χ1n) is 7.89. The van der Waals surface area contributed by atoms with Gasteiger partial charge in [-0.1, -0.05) is 19.3 Å². The number of urea groups is 1. The van der Waals surface area contributed by atoms with Gasteiger partial charge in [0.2, 0.25) is 0 Å². The lowest BCUT2D eigenvalue weighted by atomic mass is 9.89. The van der Waals surface area contributed by atoms with E-state index >= 15 is 0 Å². The summed E-state index contributed by atoms with van der Waals surface area (Å²) in [5.74, 6) is -0.301. The molecule has 0 spiro atoms. The van der Waals surface area contributed by atoms with Gasteiger partial charge in [-0.3, -0.25) is 4.79 Å². The van der Waals surface area contributed by atoms with Crippen molar-refractivity contribution in [3.8, 4) is 0 Å². The van der Waals surface area contributed by atoms with Gasteiger partial charge < -0.3 is 19.6 Å². The van der Waals surface area contributed by atoms with Crippen LogP contribution in [0.2, 0.25) is 0 Å². The number of carbonyl (C=O) groups excluding carboxylic acids is 1. The summed E-state index contributed by atoms with van der Waals surface area (Å²) in [5, 5.41) is 8.96.